The molecule has 1 heterocycles. The number of hydrogen-bond donors (Lipinski definition) is 3. The van der Waals surface area contributed by atoms with Crippen molar-refractivity contribution in [2.75, 3.05) is 13.1 Å². The van der Waals surface area contributed by atoms with Gasteiger partial charge < -0.3 is 5.32 Å². The summed E-state index contributed by atoms with van der Waals surface area (Å²) in [7, 11) is -3.37. The van der Waals surface area contributed by atoms with Crippen LogP contribution in [0.25, 0.3) is 0 Å². The summed E-state index contributed by atoms with van der Waals surface area (Å²) in [5.74, 6) is 0.507. The Balaban J connectivity index is 2.53. The van der Waals surface area contributed by atoms with Crippen LogP contribution < -0.4 is 10.0 Å². The normalized spacial score (nSPS) is 15.5. The van der Waals surface area contributed by atoms with E-state index in [1.54, 1.807) is 13.8 Å². The monoisotopic (exact) mass is 275 g/mol. The van der Waals surface area contributed by atoms with Crippen molar-refractivity contribution in [1.82, 2.24) is 25.2 Å². The zero-order valence-electron chi connectivity index (χ0n) is 11.0. The molecule has 0 aliphatic carbocycles. The summed E-state index contributed by atoms with van der Waals surface area (Å²) in [6.45, 7) is 6.70. The maximum atomic E-state index is 12.0. The Kier molecular flexibility index (Phi) is 5.70. The summed E-state index contributed by atoms with van der Waals surface area (Å²) in [6.07, 6.45) is 2.33. The van der Waals surface area contributed by atoms with Gasteiger partial charge in [-0.3, -0.25) is 5.10 Å². The van der Waals surface area contributed by atoms with Gasteiger partial charge in [-0.15, -0.1) is 0 Å². The van der Waals surface area contributed by atoms with E-state index in [9.17, 15) is 8.42 Å². The number of sulfonamides is 1. The van der Waals surface area contributed by atoms with Gasteiger partial charge in [-0.1, -0.05) is 6.92 Å². The molecule has 0 spiro atoms. The predicted molar refractivity (Wildman–Crippen MR) is 69.5 cm³/mol. The molecule has 0 saturated carbocycles. The SMILES string of the molecule is CCCNCC(C)S(=O)(=O)NC(C)c1ncn[nH]1. The molecule has 18 heavy (non-hydrogen) atoms. The van der Waals surface area contributed by atoms with Crippen molar-refractivity contribution in [3.8, 4) is 0 Å². The third-order valence-corrected chi connectivity index (χ3v) is 4.48. The van der Waals surface area contributed by atoms with E-state index in [-0.39, 0.29) is 0 Å². The van der Waals surface area contributed by atoms with Crippen LogP contribution in [0.2, 0.25) is 0 Å². The van der Waals surface area contributed by atoms with Crippen molar-refractivity contribution in [2.45, 2.75) is 38.5 Å². The van der Waals surface area contributed by atoms with Crippen molar-refractivity contribution in [1.29, 1.82) is 0 Å². The highest BCUT2D eigenvalue weighted by atomic mass is 32.2. The van der Waals surface area contributed by atoms with Gasteiger partial charge in [0.2, 0.25) is 10.0 Å². The molecule has 1 aromatic rings. The van der Waals surface area contributed by atoms with Crippen LogP contribution in [0.1, 0.15) is 39.1 Å². The summed E-state index contributed by atoms with van der Waals surface area (Å²) in [4.78, 5) is 3.93. The number of nitrogens with one attached hydrogen (secondary N) is 3. The minimum absolute atomic E-state index is 0.411. The van der Waals surface area contributed by atoms with Crippen molar-refractivity contribution in [3.05, 3.63) is 12.2 Å². The fourth-order valence-corrected chi connectivity index (χ4v) is 2.61. The van der Waals surface area contributed by atoms with E-state index in [2.05, 4.69) is 25.2 Å². The molecular formula is C10H21N5O2S. The zero-order chi connectivity index (χ0) is 13.6. The summed E-state index contributed by atoms with van der Waals surface area (Å²) in [5.41, 5.74) is 0. The lowest BCUT2D eigenvalue weighted by Gasteiger charge is -2.17. The van der Waals surface area contributed by atoms with Crippen LogP contribution in [0, 0.1) is 0 Å². The molecule has 1 rings (SSSR count). The molecule has 7 nitrogen and oxygen atoms in total. The molecule has 8 heteroatoms. The van der Waals surface area contributed by atoms with E-state index < -0.39 is 21.3 Å². The lowest BCUT2D eigenvalue weighted by atomic mass is 10.3. The molecule has 0 aliphatic heterocycles. The van der Waals surface area contributed by atoms with Crippen LogP contribution in [-0.4, -0.2) is 41.9 Å². The second-order valence-corrected chi connectivity index (χ2v) is 6.40. The first-order valence-electron chi connectivity index (χ1n) is 6.04. The van der Waals surface area contributed by atoms with Gasteiger partial charge in [-0.25, -0.2) is 18.1 Å². The van der Waals surface area contributed by atoms with E-state index in [0.717, 1.165) is 13.0 Å². The second kappa shape index (κ2) is 6.81. The van der Waals surface area contributed by atoms with Gasteiger partial charge in [-0.05, 0) is 26.8 Å². The molecule has 2 unspecified atom stereocenters. The van der Waals surface area contributed by atoms with E-state index in [1.165, 1.54) is 6.33 Å². The molecule has 3 N–H and O–H groups in total. The zero-order valence-corrected chi connectivity index (χ0v) is 11.8. The van der Waals surface area contributed by atoms with Crippen LogP contribution in [-0.2, 0) is 10.0 Å². The predicted octanol–water partition coefficient (Wildman–Crippen LogP) is 0.173. The highest BCUT2D eigenvalue weighted by molar-refractivity contribution is 7.90. The average molecular weight is 275 g/mol. The topological polar surface area (TPSA) is 99.8 Å². The van der Waals surface area contributed by atoms with E-state index in [4.69, 9.17) is 0 Å². The molecule has 2 atom stereocenters. The van der Waals surface area contributed by atoms with Crippen LogP contribution in [0.5, 0.6) is 0 Å². The van der Waals surface area contributed by atoms with Gasteiger partial charge in [0.1, 0.15) is 12.2 Å². The number of hydrogen-bond acceptors (Lipinski definition) is 5. The minimum atomic E-state index is -3.37. The second-order valence-electron chi connectivity index (χ2n) is 4.27. The van der Waals surface area contributed by atoms with Crippen LogP contribution in [0.3, 0.4) is 0 Å². The first kappa shape index (κ1) is 15.1. The number of aromatic amines is 1. The van der Waals surface area contributed by atoms with Crippen molar-refractivity contribution >= 4 is 10.0 Å². The lowest BCUT2D eigenvalue weighted by Crippen LogP contribution is -2.40. The molecule has 104 valence electrons. The number of H-pyrrole nitrogens is 1. The number of nitrogens with zero attached hydrogens (tertiary/aromatic N) is 2. The number of aromatic nitrogens is 3. The quantitative estimate of drug-likeness (QED) is 0.587. The molecule has 0 fully saturated rings. The highest BCUT2D eigenvalue weighted by Crippen LogP contribution is 2.08. The third kappa shape index (κ3) is 4.35. The maximum absolute atomic E-state index is 12.0. The van der Waals surface area contributed by atoms with Crippen LogP contribution in [0.4, 0.5) is 0 Å². The van der Waals surface area contributed by atoms with Gasteiger partial charge in [0, 0.05) is 6.54 Å². The van der Waals surface area contributed by atoms with Crippen LogP contribution >= 0.6 is 0 Å². The van der Waals surface area contributed by atoms with Gasteiger partial charge in [0.05, 0.1) is 11.3 Å². The van der Waals surface area contributed by atoms with Crippen LogP contribution in [0.15, 0.2) is 6.33 Å². The molecule has 0 aliphatic rings. The minimum Gasteiger partial charge on any atom is -0.315 e. The van der Waals surface area contributed by atoms with Crippen molar-refractivity contribution in [2.24, 2.45) is 0 Å². The molecule has 0 radical (unpaired) electrons. The third-order valence-electron chi connectivity index (χ3n) is 2.57. The fraction of sp³-hybridized carbons (Fsp3) is 0.800. The molecule has 0 bridgehead atoms. The Bertz CT molecular complexity index is 431. The highest BCUT2D eigenvalue weighted by Gasteiger charge is 2.23. The Labute approximate surface area is 108 Å². The molecule has 0 saturated heterocycles. The molecule has 0 amide bonds. The first-order chi connectivity index (χ1) is 8.47. The summed E-state index contributed by atoms with van der Waals surface area (Å²) in [6, 6.07) is -0.411. The summed E-state index contributed by atoms with van der Waals surface area (Å²) < 4.78 is 26.6. The van der Waals surface area contributed by atoms with E-state index in [0.29, 0.717) is 12.4 Å². The Morgan fingerprint density at radius 1 is 1.44 bits per heavy atom. The lowest BCUT2D eigenvalue weighted by molar-refractivity contribution is 0.539. The largest absolute Gasteiger partial charge is 0.315 e. The average Bonchev–Trinajstić information content (AvgIpc) is 2.82. The van der Waals surface area contributed by atoms with Crippen molar-refractivity contribution in [3.63, 3.8) is 0 Å². The van der Waals surface area contributed by atoms with Gasteiger partial charge in [0.15, 0.2) is 0 Å². The Morgan fingerprint density at radius 3 is 2.72 bits per heavy atom. The van der Waals surface area contributed by atoms with Crippen molar-refractivity contribution < 1.29 is 8.42 Å². The maximum Gasteiger partial charge on any atom is 0.216 e. The summed E-state index contributed by atoms with van der Waals surface area (Å²) >= 11 is 0. The van der Waals surface area contributed by atoms with E-state index in [1.807, 2.05) is 6.92 Å². The van der Waals surface area contributed by atoms with Gasteiger partial charge in [0.25, 0.3) is 0 Å². The Morgan fingerprint density at radius 2 is 2.17 bits per heavy atom. The van der Waals surface area contributed by atoms with Gasteiger partial charge >= 0.3 is 0 Å². The molecule has 1 aromatic heterocycles. The Hall–Kier alpha value is -0.990. The van der Waals surface area contributed by atoms with Gasteiger partial charge in [-0.2, -0.15) is 5.10 Å². The summed E-state index contributed by atoms with van der Waals surface area (Å²) in [5, 5.41) is 8.95. The van der Waals surface area contributed by atoms with E-state index >= 15 is 0 Å². The molecule has 0 aromatic carbocycles. The standard InChI is InChI=1S/C10H21N5O2S/c1-4-5-11-6-8(2)18(16,17)15-9(3)10-12-7-13-14-10/h7-9,11,15H,4-6H2,1-3H3,(H,12,13,14). The smallest absolute Gasteiger partial charge is 0.216 e. The molecular weight excluding hydrogens is 254 g/mol. The first-order valence-corrected chi connectivity index (χ1v) is 7.59. The number of rotatable bonds is 8. The fourth-order valence-electron chi connectivity index (χ4n) is 1.43.